The number of amides is 2. The van der Waals surface area contributed by atoms with Crippen LogP contribution in [-0.4, -0.2) is 90.0 Å². The van der Waals surface area contributed by atoms with Gasteiger partial charge in [0.25, 0.3) is 0 Å². The number of carbonyl (C=O) groups excluding carboxylic acids is 1. The van der Waals surface area contributed by atoms with E-state index in [0.29, 0.717) is 45.7 Å². The van der Waals surface area contributed by atoms with Crippen molar-refractivity contribution in [1.82, 2.24) is 15.5 Å². The number of nitrogens with one attached hydrogen (secondary N) is 2. The van der Waals surface area contributed by atoms with Gasteiger partial charge in [0.2, 0.25) is 0 Å². The highest BCUT2D eigenvalue weighted by molar-refractivity contribution is 5.73. The SMILES string of the molecule is CC(C)NCCOCCOCCOCCC(F)CNC(=O)N(C)C. The highest BCUT2D eigenvalue weighted by atomic mass is 19.1. The molecule has 0 aliphatic rings. The van der Waals surface area contributed by atoms with Crippen molar-refractivity contribution in [2.75, 3.05) is 66.8 Å². The summed E-state index contributed by atoms with van der Waals surface area (Å²) in [5.41, 5.74) is 0. The Morgan fingerprint density at radius 1 is 1.00 bits per heavy atom. The molecule has 1 unspecified atom stereocenters. The topological polar surface area (TPSA) is 72.1 Å². The summed E-state index contributed by atoms with van der Waals surface area (Å²) < 4.78 is 29.5. The number of alkyl halides is 1. The lowest BCUT2D eigenvalue weighted by Gasteiger charge is -2.14. The van der Waals surface area contributed by atoms with Gasteiger partial charge in [0.15, 0.2) is 0 Å². The minimum atomic E-state index is -1.11. The van der Waals surface area contributed by atoms with Crippen LogP contribution < -0.4 is 10.6 Å². The van der Waals surface area contributed by atoms with E-state index in [2.05, 4.69) is 24.5 Å². The number of hydrogen-bond acceptors (Lipinski definition) is 5. The molecule has 24 heavy (non-hydrogen) atoms. The maximum absolute atomic E-state index is 13.5. The van der Waals surface area contributed by atoms with E-state index in [4.69, 9.17) is 14.2 Å². The van der Waals surface area contributed by atoms with E-state index in [1.807, 2.05) is 0 Å². The van der Waals surface area contributed by atoms with Crippen LogP contribution in [0.2, 0.25) is 0 Å². The van der Waals surface area contributed by atoms with E-state index < -0.39 is 6.17 Å². The third-order valence-corrected chi connectivity index (χ3v) is 3.00. The first-order valence-electron chi connectivity index (χ1n) is 8.49. The van der Waals surface area contributed by atoms with Crippen molar-refractivity contribution in [1.29, 1.82) is 0 Å². The molecule has 0 spiro atoms. The molecular weight excluding hydrogens is 317 g/mol. The first-order chi connectivity index (χ1) is 11.4. The van der Waals surface area contributed by atoms with Gasteiger partial charge in [-0.05, 0) is 0 Å². The summed E-state index contributed by atoms with van der Waals surface area (Å²) >= 11 is 0. The molecule has 0 aromatic rings. The summed E-state index contributed by atoms with van der Waals surface area (Å²) in [5, 5.41) is 5.75. The summed E-state index contributed by atoms with van der Waals surface area (Å²) in [7, 11) is 3.22. The standard InChI is InChI=1S/C16H34FN3O4/c1-14(2)18-6-8-23-10-12-24-11-9-22-7-5-15(17)13-19-16(21)20(3)4/h14-15,18H,5-13H2,1-4H3,(H,19,21). The van der Waals surface area contributed by atoms with Gasteiger partial charge in [0, 0.05) is 39.7 Å². The molecule has 0 bridgehead atoms. The molecular formula is C16H34FN3O4. The monoisotopic (exact) mass is 351 g/mol. The van der Waals surface area contributed by atoms with Crippen LogP contribution in [0.1, 0.15) is 20.3 Å². The van der Waals surface area contributed by atoms with Crippen LogP contribution in [0.25, 0.3) is 0 Å². The van der Waals surface area contributed by atoms with E-state index in [-0.39, 0.29) is 19.0 Å². The van der Waals surface area contributed by atoms with Crippen molar-refractivity contribution in [3.63, 3.8) is 0 Å². The van der Waals surface area contributed by atoms with Gasteiger partial charge in [-0.1, -0.05) is 13.8 Å². The largest absolute Gasteiger partial charge is 0.379 e. The molecule has 144 valence electrons. The fraction of sp³-hybridized carbons (Fsp3) is 0.938. The minimum Gasteiger partial charge on any atom is -0.379 e. The molecule has 0 heterocycles. The number of rotatable bonds is 15. The number of carbonyl (C=O) groups is 1. The quantitative estimate of drug-likeness (QED) is 0.431. The van der Waals surface area contributed by atoms with Crippen molar-refractivity contribution >= 4 is 6.03 Å². The van der Waals surface area contributed by atoms with E-state index in [1.54, 1.807) is 14.1 Å². The maximum Gasteiger partial charge on any atom is 0.316 e. The number of nitrogens with zero attached hydrogens (tertiary/aromatic N) is 1. The second-order valence-corrected chi connectivity index (χ2v) is 5.91. The third kappa shape index (κ3) is 15.9. The van der Waals surface area contributed by atoms with Crippen LogP contribution in [-0.2, 0) is 14.2 Å². The molecule has 7 nitrogen and oxygen atoms in total. The minimum absolute atomic E-state index is 0.000121. The second kappa shape index (κ2) is 15.6. The van der Waals surface area contributed by atoms with Crippen molar-refractivity contribution in [3.05, 3.63) is 0 Å². The fourth-order valence-electron chi connectivity index (χ4n) is 1.63. The number of ether oxygens (including phenoxy) is 3. The van der Waals surface area contributed by atoms with Crippen LogP contribution in [0.5, 0.6) is 0 Å². The van der Waals surface area contributed by atoms with Crippen molar-refractivity contribution < 1.29 is 23.4 Å². The Morgan fingerprint density at radius 3 is 2.08 bits per heavy atom. The van der Waals surface area contributed by atoms with E-state index in [1.165, 1.54) is 4.90 Å². The van der Waals surface area contributed by atoms with Crippen LogP contribution in [0.3, 0.4) is 0 Å². The van der Waals surface area contributed by atoms with Gasteiger partial charge in [-0.2, -0.15) is 0 Å². The Labute approximate surface area is 145 Å². The molecule has 1 atom stereocenters. The number of hydrogen-bond donors (Lipinski definition) is 2. The van der Waals surface area contributed by atoms with Gasteiger partial charge in [-0.3, -0.25) is 0 Å². The van der Waals surface area contributed by atoms with Crippen LogP contribution in [0, 0.1) is 0 Å². The lowest BCUT2D eigenvalue weighted by atomic mass is 10.3. The lowest BCUT2D eigenvalue weighted by molar-refractivity contribution is 0.0118. The molecule has 0 saturated carbocycles. The van der Waals surface area contributed by atoms with Gasteiger partial charge < -0.3 is 29.7 Å². The van der Waals surface area contributed by atoms with Gasteiger partial charge in [-0.25, -0.2) is 9.18 Å². The Morgan fingerprint density at radius 2 is 1.54 bits per heavy atom. The van der Waals surface area contributed by atoms with E-state index in [9.17, 15) is 9.18 Å². The molecule has 2 amide bonds. The molecule has 0 aliphatic heterocycles. The summed E-state index contributed by atoms with van der Waals surface area (Å²) in [6, 6.07) is 0.171. The van der Waals surface area contributed by atoms with Crippen LogP contribution >= 0.6 is 0 Å². The molecule has 2 N–H and O–H groups in total. The first-order valence-corrected chi connectivity index (χ1v) is 8.49. The second-order valence-electron chi connectivity index (χ2n) is 5.91. The zero-order valence-electron chi connectivity index (χ0n) is 15.5. The third-order valence-electron chi connectivity index (χ3n) is 3.00. The number of urea groups is 1. The van der Waals surface area contributed by atoms with Crippen LogP contribution in [0.4, 0.5) is 9.18 Å². The molecule has 0 fully saturated rings. The van der Waals surface area contributed by atoms with Gasteiger partial charge >= 0.3 is 6.03 Å². The predicted molar refractivity (Wildman–Crippen MR) is 92.2 cm³/mol. The van der Waals surface area contributed by atoms with E-state index >= 15 is 0 Å². The van der Waals surface area contributed by atoms with E-state index in [0.717, 1.165) is 6.54 Å². The fourth-order valence-corrected chi connectivity index (χ4v) is 1.63. The molecule has 0 radical (unpaired) electrons. The Hall–Kier alpha value is -0.960. The highest BCUT2D eigenvalue weighted by Gasteiger charge is 2.09. The molecule has 0 aliphatic carbocycles. The Kier molecular flexibility index (Phi) is 14.9. The zero-order chi connectivity index (χ0) is 18.2. The van der Waals surface area contributed by atoms with Gasteiger partial charge in [0.05, 0.1) is 39.6 Å². The normalized spacial score (nSPS) is 12.4. The highest BCUT2D eigenvalue weighted by Crippen LogP contribution is 1.97. The summed E-state index contributed by atoms with van der Waals surface area (Å²) in [6.45, 7) is 7.95. The Bertz CT molecular complexity index is 307. The predicted octanol–water partition coefficient (Wildman–Crippen LogP) is 1.03. The van der Waals surface area contributed by atoms with Crippen molar-refractivity contribution in [3.8, 4) is 0 Å². The summed E-state index contributed by atoms with van der Waals surface area (Å²) in [5.74, 6) is 0. The average molecular weight is 351 g/mol. The molecule has 0 saturated heterocycles. The zero-order valence-corrected chi connectivity index (χ0v) is 15.5. The average Bonchev–Trinajstić information content (AvgIpc) is 2.53. The van der Waals surface area contributed by atoms with Crippen LogP contribution in [0.15, 0.2) is 0 Å². The van der Waals surface area contributed by atoms with Crippen molar-refractivity contribution in [2.24, 2.45) is 0 Å². The van der Waals surface area contributed by atoms with Gasteiger partial charge in [-0.15, -0.1) is 0 Å². The molecule has 0 aromatic carbocycles. The summed E-state index contributed by atoms with van der Waals surface area (Å²) in [6.07, 6.45) is -0.859. The maximum atomic E-state index is 13.5. The lowest BCUT2D eigenvalue weighted by Crippen LogP contribution is -2.38. The molecule has 0 rings (SSSR count). The smallest absolute Gasteiger partial charge is 0.316 e. The van der Waals surface area contributed by atoms with Gasteiger partial charge in [0.1, 0.15) is 6.17 Å². The van der Waals surface area contributed by atoms with Crippen molar-refractivity contribution in [2.45, 2.75) is 32.5 Å². The Balaban J connectivity index is 3.23. The summed E-state index contributed by atoms with van der Waals surface area (Å²) in [4.78, 5) is 12.6. The molecule has 8 heteroatoms. The molecule has 0 aromatic heterocycles. The number of halogens is 1. The first kappa shape index (κ1) is 23.0.